The molecule has 2 aromatic rings. The van der Waals surface area contributed by atoms with Gasteiger partial charge in [0.05, 0.1) is 12.1 Å². The predicted octanol–water partition coefficient (Wildman–Crippen LogP) is 6.42. The maximum absolute atomic E-state index is 13.5. The Bertz CT molecular complexity index is 1310. The topological polar surface area (TPSA) is 56.3 Å². The quantitative estimate of drug-likeness (QED) is 0.334. The molecule has 250 valence electrons. The highest BCUT2D eigenvalue weighted by Gasteiger charge is 2.47. The van der Waals surface area contributed by atoms with Crippen LogP contribution in [0, 0.1) is 11.8 Å². The molecular formula is C36H47F3N4O3. The summed E-state index contributed by atoms with van der Waals surface area (Å²) in [5.41, 5.74) is 1.06. The van der Waals surface area contributed by atoms with E-state index in [1.807, 2.05) is 22.9 Å². The number of halogens is 3. The third-order valence-corrected chi connectivity index (χ3v) is 10.9. The van der Waals surface area contributed by atoms with Crippen molar-refractivity contribution in [1.82, 2.24) is 19.6 Å². The van der Waals surface area contributed by atoms with Crippen LogP contribution in [-0.4, -0.2) is 89.6 Å². The van der Waals surface area contributed by atoms with Gasteiger partial charge in [0, 0.05) is 77.7 Å². The van der Waals surface area contributed by atoms with Gasteiger partial charge in [-0.15, -0.1) is 0 Å². The summed E-state index contributed by atoms with van der Waals surface area (Å²) in [5, 5.41) is 0. The molecule has 0 bridgehead atoms. The Balaban J connectivity index is 0.906. The number of ether oxygens (including phenoxy) is 1. The van der Waals surface area contributed by atoms with E-state index in [9.17, 15) is 22.8 Å². The molecule has 0 aromatic heterocycles. The smallest absolute Gasteiger partial charge is 0.416 e. The number of rotatable bonds is 8. The van der Waals surface area contributed by atoms with E-state index in [1.54, 1.807) is 12.1 Å². The third kappa shape index (κ3) is 7.88. The van der Waals surface area contributed by atoms with Crippen LogP contribution in [0.5, 0.6) is 0 Å². The van der Waals surface area contributed by atoms with Crippen LogP contribution in [0.15, 0.2) is 54.6 Å². The molecule has 0 N–H and O–H groups in total. The second-order valence-electron chi connectivity index (χ2n) is 14.1. The zero-order valence-electron chi connectivity index (χ0n) is 26.9. The number of nitrogens with zero attached hydrogens (tertiary/aromatic N) is 4. The van der Waals surface area contributed by atoms with Crippen molar-refractivity contribution in [2.75, 3.05) is 46.3 Å². The monoisotopic (exact) mass is 640 g/mol. The number of hydrogen-bond acceptors (Lipinski definition) is 5. The van der Waals surface area contributed by atoms with Crippen molar-refractivity contribution in [2.24, 2.45) is 11.8 Å². The molecule has 0 atom stereocenters. The normalized spacial score (nSPS) is 24.7. The van der Waals surface area contributed by atoms with E-state index in [1.165, 1.54) is 5.56 Å². The molecular weight excluding hydrogens is 593 g/mol. The molecule has 2 aromatic carbocycles. The standard InChI is InChI=1S/C36H47F3N4O3/c1-40(32-15-19-41(20-16-32)23-27-5-3-2-4-6-27)33(44)30-11-7-29(8-12-30)25-43-26-35(46-34(43)45)17-21-42(22-18-35)24-28-9-13-31(14-10-28)36(37,38)39/h2-6,9-10,13-14,29-30,32H,7-8,11-12,15-26H2,1H3. The number of amides is 2. The molecule has 3 heterocycles. The van der Waals surface area contributed by atoms with Crippen LogP contribution >= 0.6 is 0 Å². The van der Waals surface area contributed by atoms with Gasteiger partial charge in [-0.1, -0.05) is 42.5 Å². The van der Waals surface area contributed by atoms with Gasteiger partial charge in [-0.05, 0) is 67.7 Å². The largest absolute Gasteiger partial charge is 0.441 e. The first-order valence-electron chi connectivity index (χ1n) is 17.0. The fourth-order valence-electron chi connectivity index (χ4n) is 7.95. The Morgan fingerprint density at radius 3 is 2.04 bits per heavy atom. The second kappa shape index (κ2) is 13.9. The van der Waals surface area contributed by atoms with E-state index in [0.29, 0.717) is 44.4 Å². The summed E-state index contributed by atoms with van der Waals surface area (Å²) in [4.78, 5) is 34.9. The maximum atomic E-state index is 13.5. The average Bonchev–Trinajstić information content (AvgIpc) is 3.36. The molecule has 46 heavy (non-hydrogen) atoms. The highest BCUT2D eigenvalue weighted by atomic mass is 19.4. The third-order valence-electron chi connectivity index (χ3n) is 10.9. The molecule has 3 aliphatic heterocycles. The Morgan fingerprint density at radius 2 is 1.43 bits per heavy atom. The first kappa shape index (κ1) is 32.8. The van der Waals surface area contributed by atoms with Gasteiger partial charge in [0.15, 0.2) is 0 Å². The van der Waals surface area contributed by atoms with E-state index in [2.05, 4.69) is 34.1 Å². The first-order chi connectivity index (χ1) is 22.1. The highest BCUT2D eigenvalue weighted by Crippen LogP contribution is 2.37. The van der Waals surface area contributed by atoms with Gasteiger partial charge in [0.1, 0.15) is 5.60 Å². The van der Waals surface area contributed by atoms with Crippen molar-refractivity contribution in [2.45, 2.75) is 82.3 Å². The zero-order chi connectivity index (χ0) is 32.3. The number of carbonyl (C=O) groups is 2. The molecule has 10 heteroatoms. The fraction of sp³-hybridized carbons (Fsp3) is 0.611. The van der Waals surface area contributed by atoms with Crippen LogP contribution in [0.25, 0.3) is 0 Å². The van der Waals surface area contributed by atoms with Gasteiger partial charge in [-0.25, -0.2) is 4.79 Å². The molecule has 4 fully saturated rings. The summed E-state index contributed by atoms with van der Waals surface area (Å²) in [6, 6.07) is 16.2. The molecule has 7 nitrogen and oxygen atoms in total. The molecule has 0 unspecified atom stereocenters. The summed E-state index contributed by atoms with van der Waals surface area (Å²) in [6.45, 7) is 6.28. The molecule has 3 saturated heterocycles. The number of piperidine rings is 2. The second-order valence-corrected chi connectivity index (χ2v) is 14.1. The minimum Gasteiger partial charge on any atom is -0.441 e. The molecule has 1 saturated carbocycles. The van der Waals surface area contributed by atoms with Gasteiger partial charge >= 0.3 is 12.3 Å². The Kier molecular flexibility index (Phi) is 9.94. The zero-order valence-corrected chi connectivity index (χ0v) is 26.9. The molecule has 1 aliphatic carbocycles. The summed E-state index contributed by atoms with van der Waals surface area (Å²) >= 11 is 0. The van der Waals surface area contributed by atoms with E-state index in [0.717, 1.165) is 88.9 Å². The van der Waals surface area contributed by atoms with Crippen molar-refractivity contribution < 1.29 is 27.5 Å². The predicted molar refractivity (Wildman–Crippen MR) is 170 cm³/mol. The Morgan fingerprint density at radius 1 is 0.848 bits per heavy atom. The summed E-state index contributed by atoms with van der Waals surface area (Å²) in [5.74, 6) is 0.718. The van der Waals surface area contributed by atoms with Crippen LogP contribution in [0.3, 0.4) is 0 Å². The summed E-state index contributed by atoms with van der Waals surface area (Å²) in [6.07, 6.45) is 2.50. The Labute approximate surface area is 270 Å². The highest BCUT2D eigenvalue weighted by molar-refractivity contribution is 5.79. The van der Waals surface area contributed by atoms with Gasteiger partial charge in [0.2, 0.25) is 5.91 Å². The van der Waals surface area contributed by atoms with Crippen molar-refractivity contribution in [3.05, 3.63) is 71.3 Å². The van der Waals surface area contributed by atoms with Crippen LogP contribution in [-0.2, 0) is 28.8 Å². The number of benzene rings is 2. The minimum atomic E-state index is -4.33. The minimum absolute atomic E-state index is 0.0643. The summed E-state index contributed by atoms with van der Waals surface area (Å²) < 4.78 is 44.6. The van der Waals surface area contributed by atoms with E-state index in [4.69, 9.17) is 4.74 Å². The van der Waals surface area contributed by atoms with E-state index >= 15 is 0 Å². The lowest BCUT2D eigenvalue weighted by Crippen LogP contribution is -2.48. The van der Waals surface area contributed by atoms with E-state index < -0.39 is 17.3 Å². The van der Waals surface area contributed by atoms with Crippen molar-refractivity contribution >= 4 is 12.0 Å². The number of alkyl halides is 3. The fourth-order valence-corrected chi connectivity index (χ4v) is 7.95. The van der Waals surface area contributed by atoms with Crippen molar-refractivity contribution in [3.8, 4) is 0 Å². The van der Waals surface area contributed by atoms with Gasteiger partial charge < -0.3 is 14.5 Å². The van der Waals surface area contributed by atoms with Crippen LogP contribution in [0.1, 0.15) is 68.1 Å². The van der Waals surface area contributed by atoms with Gasteiger partial charge in [-0.2, -0.15) is 13.2 Å². The molecule has 4 aliphatic rings. The van der Waals surface area contributed by atoms with Crippen LogP contribution < -0.4 is 0 Å². The van der Waals surface area contributed by atoms with E-state index in [-0.39, 0.29) is 17.9 Å². The van der Waals surface area contributed by atoms with Crippen molar-refractivity contribution in [1.29, 1.82) is 0 Å². The molecule has 0 radical (unpaired) electrons. The SMILES string of the molecule is CN(C(=O)C1CCC(CN2CC3(CCN(Cc4ccc(C(F)(F)F)cc4)CC3)OC2=O)CC1)C1CCN(Cc2ccccc2)CC1. The number of likely N-dealkylation sites (tertiary alicyclic amines) is 2. The Hall–Kier alpha value is -3.11. The maximum Gasteiger partial charge on any atom is 0.416 e. The van der Waals surface area contributed by atoms with Crippen LogP contribution in [0.2, 0.25) is 0 Å². The lowest BCUT2D eigenvalue weighted by molar-refractivity contribution is -0.139. The molecule has 1 spiro atoms. The number of hydrogen-bond donors (Lipinski definition) is 0. The van der Waals surface area contributed by atoms with Gasteiger partial charge in [-0.3, -0.25) is 14.6 Å². The van der Waals surface area contributed by atoms with Crippen LogP contribution in [0.4, 0.5) is 18.0 Å². The van der Waals surface area contributed by atoms with Gasteiger partial charge in [0.25, 0.3) is 0 Å². The lowest BCUT2D eigenvalue weighted by atomic mass is 9.80. The molecule has 2 amide bonds. The van der Waals surface area contributed by atoms with Crippen molar-refractivity contribution in [3.63, 3.8) is 0 Å². The first-order valence-corrected chi connectivity index (χ1v) is 17.0. The number of carbonyl (C=O) groups excluding carboxylic acids is 2. The average molecular weight is 641 g/mol. The molecule has 6 rings (SSSR count). The summed E-state index contributed by atoms with van der Waals surface area (Å²) in [7, 11) is 1.99. The lowest BCUT2D eigenvalue weighted by Gasteiger charge is -2.39.